The highest BCUT2D eigenvalue weighted by Gasteiger charge is 2.35. The van der Waals surface area contributed by atoms with Crippen LogP contribution in [0.1, 0.15) is 20.7 Å². The molecule has 1 aliphatic heterocycles. The van der Waals surface area contributed by atoms with Crippen molar-refractivity contribution in [2.24, 2.45) is 7.05 Å². The van der Waals surface area contributed by atoms with E-state index in [2.05, 4.69) is 20.9 Å². The Labute approximate surface area is 161 Å². The Morgan fingerprint density at radius 2 is 1.56 bits per heavy atom. The highest BCUT2D eigenvalue weighted by molar-refractivity contribution is 9.10. The molecule has 132 valence electrons. The van der Waals surface area contributed by atoms with Gasteiger partial charge in [0.1, 0.15) is 0 Å². The number of amides is 2. The van der Waals surface area contributed by atoms with E-state index < -0.39 is 0 Å². The largest absolute Gasteiger partial charge is 0.326 e. The molecule has 0 unspecified atom stereocenters. The lowest BCUT2D eigenvalue weighted by atomic mass is 9.94. The lowest BCUT2D eigenvalue weighted by Gasteiger charge is -2.28. The first-order chi connectivity index (χ1) is 13.0. The smallest absolute Gasteiger partial charge is 0.306 e. The van der Waals surface area contributed by atoms with Crippen molar-refractivity contribution in [3.05, 3.63) is 74.6 Å². The highest BCUT2D eigenvalue weighted by atomic mass is 79.9. The third kappa shape index (κ3) is 2.09. The number of carbonyl (C=O) groups excluding carboxylic acids is 2. The number of hydrogen-bond donors (Lipinski definition) is 1. The van der Waals surface area contributed by atoms with Gasteiger partial charge in [0.05, 0.1) is 16.7 Å². The molecule has 1 N–H and O–H groups in total. The maximum atomic E-state index is 13.2. The van der Waals surface area contributed by atoms with E-state index in [1.54, 1.807) is 43.4 Å². The predicted octanol–water partition coefficient (Wildman–Crippen LogP) is 3.58. The van der Waals surface area contributed by atoms with Crippen LogP contribution in [0.2, 0.25) is 0 Å². The number of hydrogen-bond acceptors (Lipinski definition) is 3. The summed E-state index contributed by atoms with van der Waals surface area (Å²) in [6, 6.07) is 14.2. The number of aromatic nitrogens is 2. The minimum atomic E-state index is -0.384. The molecule has 0 saturated heterocycles. The summed E-state index contributed by atoms with van der Waals surface area (Å²) >= 11 is 3.44. The molecule has 0 radical (unpaired) electrons. The SMILES string of the molecule is Cn1c(=O)[nH]c2cc(Br)c(N3C(=O)c4cccc5cccc(c45)C3=O)cc21. The molecule has 0 saturated carbocycles. The second-order valence-corrected chi connectivity index (χ2v) is 7.32. The first kappa shape index (κ1) is 16.0. The van der Waals surface area contributed by atoms with Gasteiger partial charge in [0, 0.05) is 28.0 Å². The number of nitrogens with zero attached hydrogens (tertiary/aromatic N) is 2. The van der Waals surface area contributed by atoms with Crippen LogP contribution in [-0.4, -0.2) is 21.4 Å². The van der Waals surface area contributed by atoms with Gasteiger partial charge in [-0.3, -0.25) is 14.2 Å². The molecule has 0 bridgehead atoms. The number of carbonyl (C=O) groups is 2. The minimum Gasteiger partial charge on any atom is -0.306 e. The number of benzene rings is 3. The molecule has 0 aliphatic carbocycles. The number of anilines is 1. The van der Waals surface area contributed by atoms with E-state index in [-0.39, 0.29) is 17.5 Å². The van der Waals surface area contributed by atoms with E-state index in [9.17, 15) is 14.4 Å². The highest BCUT2D eigenvalue weighted by Crippen LogP contribution is 2.37. The number of H-pyrrole nitrogens is 1. The molecule has 2 amide bonds. The molecule has 1 aliphatic rings. The van der Waals surface area contributed by atoms with Crippen molar-refractivity contribution >= 4 is 55.2 Å². The van der Waals surface area contributed by atoms with Crippen molar-refractivity contribution in [3.8, 4) is 0 Å². The minimum absolute atomic E-state index is 0.263. The second kappa shape index (κ2) is 5.40. The van der Waals surface area contributed by atoms with Gasteiger partial charge in [0.25, 0.3) is 11.8 Å². The van der Waals surface area contributed by atoms with Gasteiger partial charge in [-0.2, -0.15) is 0 Å². The molecule has 6 nitrogen and oxygen atoms in total. The van der Waals surface area contributed by atoms with Gasteiger partial charge in [0.2, 0.25) is 0 Å². The van der Waals surface area contributed by atoms with E-state index in [1.807, 2.05) is 12.1 Å². The third-order valence-electron chi connectivity index (χ3n) is 4.99. The standard InChI is InChI=1S/C20H12BrN3O3/c1-23-16-9-15(13(21)8-14(16)22-20(23)27)24-18(25)11-6-2-4-10-5-3-7-12(17(10)11)19(24)26/h2-9H,1H3,(H,22,27). The first-order valence-corrected chi connectivity index (χ1v) is 9.05. The number of imide groups is 1. The van der Waals surface area contributed by atoms with Crippen LogP contribution in [-0.2, 0) is 7.05 Å². The number of fused-ring (bicyclic) bond motifs is 1. The average molecular weight is 422 g/mol. The van der Waals surface area contributed by atoms with Gasteiger partial charge in [-0.25, -0.2) is 9.69 Å². The number of aromatic amines is 1. The van der Waals surface area contributed by atoms with Crippen LogP contribution in [0.5, 0.6) is 0 Å². The maximum absolute atomic E-state index is 13.2. The van der Waals surface area contributed by atoms with Gasteiger partial charge in [0.15, 0.2) is 0 Å². The summed E-state index contributed by atoms with van der Waals surface area (Å²) in [5.74, 6) is -0.769. The second-order valence-electron chi connectivity index (χ2n) is 6.46. The Balaban J connectivity index is 1.80. The number of aryl methyl sites for hydroxylation is 1. The summed E-state index contributed by atoms with van der Waals surface area (Å²) < 4.78 is 1.99. The predicted molar refractivity (Wildman–Crippen MR) is 106 cm³/mol. The molecule has 0 spiro atoms. The van der Waals surface area contributed by atoms with Crippen LogP contribution in [0.25, 0.3) is 21.8 Å². The maximum Gasteiger partial charge on any atom is 0.326 e. The fourth-order valence-electron chi connectivity index (χ4n) is 3.66. The van der Waals surface area contributed by atoms with E-state index in [0.717, 1.165) is 10.3 Å². The van der Waals surface area contributed by atoms with Crippen molar-refractivity contribution in [2.45, 2.75) is 0 Å². The average Bonchev–Trinajstić information content (AvgIpc) is 2.93. The van der Waals surface area contributed by atoms with Crippen molar-refractivity contribution < 1.29 is 9.59 Å². The summed E-state index contributed by atoms with van der Waals surface area (Å²) in [6.07, 6.45) is 0. The Hall–Kier alpha value is -3.19. The van der Waals surface area contributed by atoms with Gasteiger partial charge < -0.3 is 4.98 Å². The molecule has 0 fully saturated rings. The van der Waals surface area contributed by atoms with Crippen molar-refractivity contribution in [2.75, 3.05) is 4.90 Å². The summed E-state index contributed by atoms with van der Waals surface area (Å²) in [5.41, 5.74) is 2.34. The number of imidazole rings is 1. The molecular weight excluding hydrogens is 410 g/mol. The fourth-order valence-corrected chi connectivity index (χ4v) is 4.18. The fraction of sp³-hybridized carbons (Fsp3) is 0.0500. The first-order valence-electron chi connectivity index (χ1n) is 8.26. The van der Waals surface area contributed by atoms with E-state index in [0.29, 0.717) is 37.7 Å². The zero-order valence-electron chi connectivity index (χ0n) is 14.1. The van der Waals surface area contributed by atoms with Crippen LogP contribution in [0, 0.1) is 0 Å². The van der Waals surface area contributed by atoms with E-state index in [4.69, 9.17) is 0 Å². The van der Waals surface area contributed by atoms with Gasteiger partial charge in [-0.1, -0.05) is 24.3 Å². The van der Waals surface area contributed by atoms with Gasteiger partial charge >= 0.3 is 5.69 Å². The molecule has 4 aromatic rings. The number of nitrogens with one attached hydrogen (secondary N) is 1. The monoisotopic (exact) mass is 421 g/mol. The Morgan fingerprint density at radius 1 is 0.926 bits per heavy atom. The quantitative estimate of drug-likeness (QED) is 0.477. The molecule has 1 aromatic heterocycles. The van der Waals surface area contributed by atoms with Gasteiger partial charge in [-0.15, -0.1) is 0 Å². The Bertz CT molecular complexity index is 1320. The summed E-state index contributed by atoms with van der Waals surface area (Å²) in [6.45, 7) is 0. The lowest BCUT2D eigenvalue weighted by Crippen LogP contribution is -2.40. The van der Waals surface area contributed by atoms with Crippen LogP contribution in [0.3, 0.4) is 0 Å². The molecule has 2 heterocycles. The Kier molecular flexibility index (Phi) is 3.21. The van der Waals surface area contributed by atoms with Crippen LogP contribution >= 0.6 is 15.9 Å². The molecule has 0 atom stereocenters. The molecule has 5 rings (SSSR count). The van der Waals surface area contributed by atoms with Crippen LogP contribution < -0.4 is 10.6 Å². The van der Waals surface area contributed by atoms with Crippen molar-refractivity contribution in [3.63, 3.8) is 0 Å². The van der Waals surface area contributed by atoms with Crippen molar-refractivity contribution in [1.82, 2.24) is 9.55 Å². The molecular formula is C20H12BrN3O3. The summed E-state index contributed by atoms with van der Waals surface area (Å²) in [5, 5.41) is 1.53. The molecule has 27 heavy (non-hydrogen) atoms. The number of halogens is 1. The van der Waals surface area contributed by atoms with Crippen molar-refractivity contribution in [1.29, 1.82) is 0 Å². The third-order valence-corrected chi connectivity index (χ3v) is 5.62. The zero-order chi connectivity index (χ0) is 18.9. The molecule has 3 aromatic carbocycles. The topological polar surface area (TPSA) is 75.2 Å². The van der Waals surface area contributed by atoms with E-state index in [1.165, 1.54) is 4.57 Å². The van der Waals surface area contributed by atoms with Gasteiger partial charge in [-0.05, 0) is 45.6 Å². The summed E-state index contributed by atoms with van der Waals surface area (Å²) in [7, 11) is 1.63. The Morgan fingerprint density at radius 3 is 2.19 bits per heavy atom. The van der Waals surface area contributed by atoms with Crippen LogP contribution in [0.15, 0.2) is 57.8 Å². The summed E-state index contributed by atoms with van der Waals surface area (Å²) in [4.78, 5) is 42.2. The lowest BCUT2D eigenvalue weighted by molar-refractivity contribution is 0.0893. The zero-order valence-corrected chi connectivity index (χ0v) is 15.7. The van der Waals surface area contributed by atoms with E-state index >= 15 is 0 Å². The normalized spacial score (nSPS) is 13.8. The van der Waals surface area contributed by atoms with Crippen LogP contribution in [0.4, 0.5) is 5.69 Å². The number of rotatable bonds is 1. The molecule has 7 heteroatoms.